The van der Waals surface area contributed by atoms with E-state index in [1.807, 2.05) is 12.2 Å². The van der Waals surface area contributed by atoms with Crippen molar-refractivity contribution >= 4 is 23.5 Å². The Morgan fingerprint density at radius 3 is 2.58 bits per heavy atom. The van der Waals surface area contributed by atoms with Crippen molar-refractivity contribution in [1.82, 2.24) is 0 Å². The van der Waals surface area contributed by atoms with E-state index in [1.165, 1.54) is 13.8 Å². The average molecular weight is 427 g/mol. The molecule has 4 rings (SSSR count). The maximum atomic E-state index is 12.9. The number of Topliss-reactive ketones (excluding diaryl/α,β-unsaturated/α-hetero) is 1. The fraction of sp³-hybridized carbons (Fsp3) is 0.600. The van der Waals surface area contributed by atoms with Crippen molar-refractivity contribution in [3.8, 4) is 0 Å². The van der Waals surface area contributed by atoms with Gasteiger partial charge in [0.2, 0.25) is 0 Å². The molecule has 4 aliphatic rings. The lowest BCUT2D eigenvalue weighted by Crippen LogP contribution is -2.56. The van der Waals surface area contributed by atoms with Gasteiger partial charge < -0.3 is 9.47 Å². The molecule has 6 atom stereocenters. The zero-order valence-corrected chi connectivity index (χ0v) is 18.6. The minimum atomic E-state index is -0.478. The van der Waals surface area contributed by atoms with Gasteiger partial charge in [-0.05, 0) is 49.7 Å². The minimum absolute atomic E-state index is 0.0106. The summed E-state index contributed by atoms with van der Waals surface area (Å²) in [6.45, 7) is 6.68. The smallest absolute Gasteiger partial charge is 0.303 e. The van der Waals surface area contributed by atoms with Gasteiger partial charge in [0.05, 0.1) is 0 Å². The number of ketones is 2. The predicted octanol–water partition coefficient (Wildman–Crippen LogP) is 3.50. The number of rotatable bonds is 4. The van der Waals surface area contributed by atoms with Crippen molar-refractivity contribution in [1.29, 1.82) is 0 Å². The van der Waals surface area contributed by atoms with Crippen LogP contribution in [0.1, 0.15) is 53.4 Å². The lowest BCUT2D eigenvalue weighted by Gasteiger charge is -2.58. The molecule has 4 aliphatic carbocycles. The summed E-state index contributed by atoms with van der Waals surface area (Å²) < 4.78 is 10.9. The monoisotopic (exact) mass is 426 g/mol. The standard InChI is InChI=1S/C25H30O6/c1-14(26)30-13-21(29)20-8-7-19-18-6-5-16-11-17(28)9-10-24(16,3)23(18)22(31-15(2)27)12-25(19,20)4/h8-11,18-19,22-23H,5-7,12-13H2,1-4H3/t18-,19-,22-,23+,24+,25-/m1/s1. The highest BCUT2D eigenvalue weighted by Crippen LogP contribution is 2.65. The minimum Gasteiger partial charge on any atom is -0.462 e. The molecule has 2 saturated carbocycles. The number of allylic oxidation sites excluding steroid dienone is 5. The molecule has 0 aliphatic heterocycles. The zero-order chi connectivity index (χ0) is 22.6. The van der Waals surface area contributed by atoms with Gasteiger partial charge in [0, 0.05) is 36.2 Å². The van der Waals surface area contributed by atoms with E-state index >= 15 is 0 Å². The van der Waals surface area contributed by atoms with Gasteiger partial charge in [-0.3, -0.25) is 19.2 Å². The molecule has 166 valence electrons. The van der Waals surface area contributed by atoms with E-state index in [9.17, 15) is 19.2 Å². The summed E-state index contributed by atoms with van der Waals surface area (Å²) in [5, 5.41) is 0. The Morgan fingerprint density at radius 2 is 1.90 bits per heavy atom. The summed E-state index contributed by atoms with van der Waals surface area (Å²) in [5.41, 5.74) is 1.02. The van der Waals surface area contributed by atoms with E-state index in [4.69, 9.17) is 9.47 Å². The zero-order valence-electron chi connectivity index (χ0n) is 18.6. The highest BCUT2D eigenvalue weighted by Gasteiger charge is 2.61. The number of hydrogen-bond acceptors (Lipinski definition) is 6. The van der Waals surface area contributed by atoms with Crippen LogP contribution in [0.25, 0.3) is 0 Å². The molecule has 0 spiro atoms. The van der Waals surface area contributed by atoms with E-state index in [-0.39, 0.29) is 53.4 Å². The van der Waals surface area contributed by atoms with Gasteiger partial charge in [-0.1, -0.05) is 31.6 Å². The Labute approximate surface area is 182 Å². The number of ether oxygens (including phenoxy) is 2. The van der Waals surface area contributed by atoms with Gasteiger partial charge in [-0.25, -0.2) is 0 Å². The second kappa shape index (κ2) is 7.57. The number of carbonyl (C=O) groups excluding carboxylic acids is 4. The van der Waals surface area contributed by atoms with E-state index in [2.05, 4.69) is 13.8 Å². The Morgan fingerprint density at radius 1 is 1.16 bits per heavy atom. The maximum absolute atomic E-state index is 12.9. The normalized spacial score (nSPS) is 38.3. The van der Waals surface area contributed by atoms with Crippen LogP contribution < -0.4 is 0 Å². The molecule has 0 N–H and O–H groups in total. The number of fused-ring (bicyclic) bond motifs is 5. The molecule has 0 aromatic rings. The topological polar surface area (TPSA) is 86.7 Å². The first-order chi connectivity index (χ1) is 14.6. The van der Waals surface area contributed by atoms with Gasteiger partial charge >= 0.3 is 11.9 Å². The van der Waals surface area contributed by atoms with Crippen molar-refractivity contribution < 1.29 is 28.7 Å². The molecule has 6 nitrogen and oxygen atoms in total. The largest absolute Gasteiger partial charge is 0.462 e. The van der Waals surface area contributed by atoms with Crippen molar-refractivity contribution in [3.05, 3.63) is 35.5 Å². The van der Waals surface area contributed by atoms with Gasteiger partial charge in [0.15, 0.2) is 18.2 Å². The molecule has 31 heavy (non-hydrogen) atoms. The Kier molecular flexibility index (Phi) is 5.31. The molecular formula is C25H30O6. The van der Waals surface area contributed by atoms with Crippen molar-refractivity contribution in [3.63, 3.8) is 0 Å². The molecule has 0 unspecified atom stereocenters. The number of esters is 2. The van der Waals surface area contributed by atoms with Gasteiger partial charge in [-0.2, -0.15) is 0 Å². The van der Waals surface area contributed by atoms with Gasteiger partial charge in [-0.15, -0.1) is 0 Å². The van der Waals surface area contributed by atoms with Gasteiger partial charge in [0.1, 0.15) is 6.10 Å². The molecule has 0 radical (unpaired) electrons. The van der Waals surface area contributed by atoms with Crippen LogP contribution in [0.15, 0.2) is 35.5 Å². The summed E-state index contributed by atoms with van der Waals surface area (Å²) >= 11 is 0. The number of hydrogen-bond donors (Lipinski definition) is 0. The lowest BCUT2D eigenvalue weighted by atomic mass is 9.46. The second-order valence-electron chi connectivity index (χ2n) is 9.85. The van der Waals surface area contributed by atoms with Gasteiger partial charge in [0.25, 0.3) is 0 Å². The SMILES string of the molecule is CC(=O)OCC(=O)C1=CC[C@@H]2[C@H]3CCC4=CC(=O)C=C[C@]4(C)[C@@H]3[C@H](OC(C)=O)C[C@@]12C. The van der Waals surface area contributed by atoms with Crippen LogP contribution in [-0.4, -0.2) is 36.2 Å². The molecule has 6 heteroatoms. The third-order valence-electron chi connectivity index (χ3n) is 8.08. The van der Waals surface area contributed by atoms with Crippen LogP contribution in [0.4, 0.5) is 0 Å². The van der Waals surface area contributed by atoms with Crippen LogP contribution in [0.2, 0.25) is 0 Å². The van der Waals surface area contributed by atoms with Crippen molar-refractivity contribution in [2.24, 2.45) is 28.6 Å². The molecule has 0 saturated heterocycles. The molecule has 0 amide bonds. The number of carbonyl (C=O) groups is 4. The highest BCUT2D eigenvalue weighted by molar-refractivity contribution is 6.01. The summed E-state index contributed by atoms with van der Waals surface area (Å²) in [6, 6.07) is 0. The Bertz CT molecular complexity index is 940. The summed E-state index contributed by atoms with van der Waals surface area (Å²) in [4.78, 5) is 48.2. The molecule has 0 aromatic carbocycles. The van der Waals surface area contributed by atoms with Crippen molar-refractivity contribution in [2.45, 2.75) is 59.5 Å². The summed E-state index contributed by atoms with van der Waals surface area (Å²) in [6.07, 6.45) is 10.0. The van der Waals surface area contributed by atoms with Crippen LogP contribution in [0, 0.1) is 28.6 Å². The fourth-order valence-electron chi connectivity index (χ4n) is 6.86. The molecule has 2 fully saturated rings. The van der Waals surface area contributed by atoms with Crippen molar-refractivity contribution in [2.75, 3.05) is 6.61 Å². The maximum Gasteiger partial charge on any atom is 0.303 e. The Hall–Kier alpha value is -2.50. The first-order valence-corrected chi connectivity index (χ1v) is 11.0. The summed E-state index contributed by atoms with van der Waals surface area (Å²) in [7, 11) is 0. The molecule has 0 bridgehead atoms. The quantitative estimate of drug-likeness (QED) is 0.640. The van der Waals surface area contributed by atoms with Crippen LogP contribution in [-0.2, 0) is 28.7 Å². The molecular weight excluding hydrogens is 396 g/mol. The van der Waals surface area contributed by atoms with Crippen LogP contribution >= 0.6 is 0 Å². The lowest BCUT2D eigenvalue weighted by molar-refractivity contribution is -0.167. The Balaban J connectivity index is 1.70. The van der Waals surface area contributed by atoms with E-state index in [0.717, 1.165) is 24.8 Å². The fourth-order valence-corrected chi connectivity index (χ4v) is 6.86. The predicted molar refractivity (Wildman–Crippen MR) is 113 cm³/mol. The second-order valence-corrected chi connectivity index (χ2v) is 9.85. The highest BCUT2D eigenvalue weighted by atomic mass is 16.5. The molecule has 0 heterocycles. The summed E-state index contributed by atoms with van der Waals surface area (Å²) in [5.74, 6) is -0.439. The first-order valence-electron chi connectivity index (χ1n) is 11.0. The van der Waals surface area contributed by atoms with E-state index < -0.39 is 11.4 Å². The third-order valence-corrected chi connectivity index (χ3v) is 8.08. The first kappa shape index (κ1) is 21.7. The third kappa shape index (κ3) is 3.50. The molecule has 0 aromatic heterocycles. The van der Waals surface area contributed by atoms with Crippen LogP contribution in [0.5, 0.6) is 0 Å². The van der Waals surface area contributed by atoms with E-state index in [0.29, 0.717) is 12.0 Å². The van der Waals surface area contributed by atoms with E-state index in [1.54, 1.807) is 12.2 Å². The van der Waals surface area contributed by atoms with Crippen LogP contribution in [0.3, 0.4) is 0 Å². The average Bonchev–Trinajstić information content (AvgIpc) is 3.02.